The molecule has 0 bridgehead atoms. The molecule has 0 saturated carbocycles. The molecule has 0 saturated heterocycles. The molecule has 0 radical (unpaired) electrons. The van der Waals surface area contributed by atoms with E-state index in [9.17, 15) is 0 Å². The Balaban J connectivity index is 0. The van der Waals surface area contributed by atoms with Crippen LogP contribution in [0.4, 0.5) is 0 Å². The Kier molecular flexibility index (Phi) is 16.9. The topological polar surface area (TPSA) is 0 Å². The van der Waals surface area contributed by atoms with Crippen molar-refractivity contribution < 1.29 is 26.2 Å². The third-order valence-electron chi connectivity index (χ3n) is 1.60. The molecular formula is C9H19Zr-. The fraction of sp³-hybridized carbons (Fsp3) is 0.889. The summed E-state index contributed by atoms with van der Waals surface area (Å²) in [5.74, 6) is 0. The molecule has 0 heterocycles. The smallest absolute Gasteiger partial charge is 0 e. The van der Waals surface area contributed by atoms with Crippen molar-refractivity contribution in [3.05, 3.63) is 6.92 Å². The van der Waals surface area contributed by atoms with Gasteiger partial charge >= 0.3 is 0 Å². The Bertz CT molecular complexity index is 38.0. The molecule has 60 valence electrons. The summed E-state index contributed by atoms with van der Waals surface area (Å²) < 4.78 is 0. The molecule has 0 aromatic rings. The fourth-order valence-electron chi connectivity index (χ4n) is 0.957. The van der Waals surface area contributed by atoms with Gasteiger partial charge in [-0.25, -0.2) is 0 Å². The van der Waals surface area contributed by atoms with Crippen LogP contribution in [-0.4, -0.2) is 0 Å². The predicted octanol–water partition coefficient (Wildman–Crippen LogP) is 3.57. The van der Waals surface area contributed by atoms with Crippen molar-refractivity contribution in [1.82, 2.24) is 0 Å². The summed E-state index contributed by atoms with van der Waals surface area (Å²) in [4.78, 5) is 0. The summed E-state index contributed by atoms with van der Waals surface area (Å²) in [6.45, 7) is 6.05. The van der Waals surface area contributed by atoms with Gasteiger partial charge < -0.3 is 6.92 Å². The van der Waals surface area contributed by atoms with Gasteiger partial charge in [0.25, 0.3) is 0 Å². The predicted molar refractivity (Wildman–Crippen MR) is 43.4 cm³/mol. The monoisotopic (exact) mass is 217 g/mol. The van der Waals surface area contributed by atoms with E-state index in [1.807, 2.05) is 0 Å². The second kappa shape index (κ2) is 12.5. The first-order valence-electron chi connectivity index (χ1n) is 4.21. The summed E-state index contributed by atoms with van der Waals surface area (Å²) in [5.41, 5.74) is 0. The van der Waals surface area contributed by atoms with Crippen LogP contribution in [0.15, 0.2) is 0 Å². The van der Waals surface area contributed by atoms with Gasteiger partial charge in [0.2, 0.25) is 0 Å². The van der Waals surface area contributed by atoms with E-state index < -0.39 is 0 Å². The molecule has 0 fully saturated rings. The molecule has 0 aliphatic heterocycles. The van der Waals surface area contributed by atoms with Crippen LogP contribution >= 0.6 is 0 Å². The van der Waals surface area contributed by atoms with Gasteiger partial charge in [0, 0.05) is 26.2 Å². The van der Waals surface area contributed by atoms with E-state index in [0.717, 1.165) is 6.42 Å². The summed E-state index contributed by atoms with van der Waals surface area (Å²) >= 11 is 0. The summed E-state index contributed by atoms with van der Waals surface area (Å²) in [6.07, 6.45) is 9.45. The molecule has 0 amide bonds. The standard InChI is InChI=1S/C9H19.Zr/c1-3-5-7-9-8-6-4-2;/h1,3-9H2,2H3;/q-1;. The van der Waals surface area contributed by atoms with Crippen molar-refractivity contribution in [2.45, 2.75) is 51.9 Å². The number of hydrogen-bond donors (Lipinski definition) is 0. The molecule has 0 aliphatic rings. The minimum absolute atomic E-state index is 0. The Morgan fingerprint density at radius 1 is 0.900 bits per heavy atom. The summed E-state index contributed by atoms with van der Waals surface area (Å²) in [7, 11) is 0. The van der Waals surface area contributed by atoms with Crippen LogP contribution in [0.5, 0.6) is 0 Å². The molecule has 0 spiro atoms. The summed E-state index contributed by atoms with van der Waals surface area (Å²) in [6, 6.07) is 0. The van der Waals surface area contributed by atoms with Crippen molar-refractivity contribution in [3.8, 4) is 0 Å². The van der Waals surface area contributed by atoms with Crippen LogP contribution < -0.4 is 0 Å². The average Bonchev–Trinajstić information content (AvgIpc) is 1.89. The number of hydrogen-bond acceptors (Lipinski definition) is 0. The zero-order chi connectivity index (χ0) is 6.95. The van der Waals surface area contributed by atoms with Crippen molar-refractivity contribution in [3.63, 3.8) is 0 Å². The fourth-order valence-corrected chi connectivity index (χ4v) is 0.957. The zero-order valence-corrected chi connectivity index (χ0v) is 9.61. The zero-order valence-electron chi connectivity index (χ0n) is 7.16. The van der Waals surface area contributed by atoms with Gasteiger partial charge in [-0.3, -0.25) is 0 Å². The van der Waals surface area contributed by atoms with Gasteiger partial charge in [-0.15, -0.1) is 0 Å². The average molecular weight is 218 g/mol. The Morgan fingerprint density at radius 2 is 1.40 bits per heavy atom. The van der Waals surface area contributed by atoms with Crippen LogP contribution in [0, 0.1) is 6.92 Å². The molecule has 10 heavy (non-hydrogen) atoms. The molecule has 0 atom stereocenters. The van der Waals surface area contributed by atoms with Gasteiger partial charge in [-0.2, -0.15) is 6.42 Å². The SMILES string of the molecule is [CH2-]CCCCCCCC.[Zr]. The third-order valence-corrected chi connectivity index (χ3v) is 1.60. The van der Waals surface area contributed by atoms with Crippen molar-refractivity contribution in [1.29, 1.82) is 0 Å². The van der Waals surface area contributed by atoms with E-state index in [1.54, 1.807) is 0 Å². The molecule has 0 unspecified atom stereocenters. The second-order valence-electron chi connectivity index (χ2n) is 2.62. The molecule has 0 aromatic heterocycles. The van der Waals surface area contributed by atoms with Gasteiger partial charge in [0.1, 0.15) is 0 Å². The second-order valence-corrected chi connectivity index (χ2v) is 2.62. The Morgan fingerprint density at radius 3 is 1.90 bits per heavy atom. The van der Waals surface area contributed by atoms with Crippen molar-refractivity contribution in [2.75, 3.05) is 0 Å². The molecule has 0 rings (SSSR count). The van der Waals surface area contributed by atoms with Gasteiger partial charge in [-0.1, -0.05) is 45.4 Å². The Labute approximate surface area is 84.9 Å². The Hall–Kier alpha value is 0.883. The van der Waals surface area contributed by atoms with E-state index in [4.69, 9.17) is 0 Å². The van der Waals surface area contributed by atoms with Crippen LogP contribution in [0.1, 0.15) is 51.9 Å². The van der Waals surface area contributed by atoms with Crippen LogP contribution in [-0.2, 0) is 26.2 Å². The van der Waals surface area contributed by atoms with Crippen LogP contribution in [0.3, 0.4) is 0 Å². The normalized spacial score (nSPS) is 9.00. The van der Waals surface area contributed by atoms with Gasteiger partial charge in [0.15, 0.2) is 0 Å². The van der Waals surface area contributed by atoms with E-state index >= 15 is 0 Å². The summed E-state index contributed by atoms with van der Waals surface area (Å²) in [5, 5.41) is 0. The van der Waals surface area contributed by atoms with E-state index in [0.29, 0.717) is 0 Å². The maximum atomic E-state index is 3.80. The third kappa shape index (κ3) is 11.7. The van der Waals surface area contributed by atoms with E-state index in [2.05, 4.69) is 13.8 Å². The van der Waals surface area contributed by atoms with Crippen molar-refractivity contribution in [2.24, 2.45) is 0 Å². The molecule has 0 aliphatic carbocycles. The van der Waals surface area contributed by atoms with Crippen LogP contribution in [0.2, 0.25) is 0 Å². The minimum Gasteiger partial charge on any atom is -0.343 e. The quantitative estimate of drug-likeness (QED) is 0.472. The maximum absolute atomic E-state index is 3.80. The first kappa shape index (κ1) is 13.5. The first-order valence-corrected chi connectivity index (χ1v) is 4.21. The molecule has 0 aromatic carbocycles. The molecule has 0 nitrogen and oxygen atoms in total. The molecular weight excluding hydrogens is 199 g/mol. The van der Waals surface area contributed by atoms with Gasteiger partial charge in [-0.05, 0) is 0 Å². The number of unbranched alkanes of at least 4 members (excludes halogenated alkanes) is 6. The molecule has 1 heteroatoms. The van der Waals surface area contributed by atoms with Gasteiger partial charge in [0.05, 0.1) is 0 Å². The van der Waals surface area contributed by atoms with E-state index in [-0.39, 0.29) is 26.2 Å². The van der Waals surface area contributed by atoms with E-state index in [1.165, 1.54) is 38.5 Å². The van der Waals surface area contributed by atoms with Crippen LogP contribution in [0.25, 0.3) is 0 Å². The largest absolute Gasteiger partial charge is 0.343 e. The number of rotatable bonds is 6. The molecule has 0 N–H and O–H groups in total. The minimum atomic E-state index is 0. The first-order chi connectivity index (χ1) is 4.41. The maximum Gasteiger partial charge on any atom is 0 e. The van der Waals surface area contributed by atoms with Crippen molar-refractivity contribution >= 4 is 0 Å².